The quantitative estimate of drug-likeness (QED) is 0.731. The second-order valence-corrected chi connectivity index (χ2v) is 5.13. The molecule has 1 aromatic carbocycles. The molecule has 2 heteroatoms. The van der Waals surface area contributed by atoms with Crippen LogP contribution in [-0.4, -0.2) is 19.2 Å². The van der Waals surface area contributed by atoms with Crippen LogP contribution in [0.5, 0.6) is 5.75 Å². The minimum atomic E-state index is 0.213. The van der Waals surface area contributed by atoms with Crippen LogP contribution in [0.1, 0.15) is 32.8 Å². The van der Waals surface area contributed by atoms with Crippen molar-refractivity contribution in [2.45, 2.75) is 40.2 Å². The van der Waals surface area contributed by atoms with Crippen LogP contribution in [0.4, 0.5) is 0 Å². The summed E-state index contributed by atoms with van der Waals surface area (Å²) in [4.78, 5) is 0. The van der Waals surface area contributed by atoms with Crippen molar-refractivity contribution in [2.24, 2.45) is 5.92 Å². The van der Waals surface area contributed by atoms with Crippen molar-refractivity contribution < 1.29 is 4.74 Å². The topological polar surface area (TPSA) is 21.3 Å². The van der Waals surface area contributed by atoms with E-state index in [9.17, 15) is 0 Å². The van der Waals surface area contributed by atoms with Crippen molar-refractivity contribution in [1.82, 2.24) is 5.32 Å². The summed E-state index contributed by atoms with van der Waals surface area (Å²) in [6.07, 6.45) is 1.43. The maximum Gasteiger partial charge on any atom is 0.119 e. The molecule has 1 N–H and O–H groups in total. The van der Waals surface area contributed by atoms with Crippen LogP contribution >= 0.6 is 0 Å². The lowest BCUT2D eigenvalue weighted by molar-refractivity contribution is 0.216. The third kappa shape index (κ3) is 6.32. The average molecular weight is 235 g/mol. The second kappa shape index (κ2) is 7.33. The third-order valence-electron chi connectivity index (χ3n) is 2.69. The molecule has 0 aliphatic heterocycles. The number of aryl methyl sites for hydroxylation is 1. The number of nitrogens with one attached hydrogen (secondary N) is 1. The molecule has 1 atom stereocenters. The van der Waals surface area contributed by atoms with Gasteiger partial charge >= 0.3 is 0 Å². The Labute approximate surface area is 105 Å². The molecule has 17 heavy (non-hydrogen) atoms. The van der Waals surface area contributed by atoms with E-state index >= 15 is 0 Å². The fourth-order valence-electron chi connectivity index (χ4n) is 1.59. The van der Waals surface area contributed by atoms with Gasteiger partial charge in [-0.05, 0) is 44.9 Å². The van der Waals surface area contributed by atoms with Crippen LogP contribution in [0, 0.1) is 12.8 Å². The molecule has 0 amide bonds. The molecule has 1 aromatic rings. The molecule has 0 aromatic heterocycles. The monoisotopic (exact) mass is 235 g/mol. The summed E-state index contributed by atoms with van der Waals surface area (Å²) in [5.74, 6) is 1.71. The second-order valence-electron chi connectivity index (χ2n) is 5.13. The lowest BCUT2D eigenvalue weighted by Crippen LogP contribution is -2.30. The van der Waals surface area contributed by atoms with Crippen LogP contribution in [0.25, 0.3) is 0 Å². The Hall–Kier alpha value is -1.02. The Morgan fingerprint density at radius 1 is 1.12 bits per heavy atom. The number of ether oxygens (including phenoxy) is 1. The van der Waals surface area contributed by atoms with Crippen LogP contribution in [0.3, 0.4) is 0 Å². The fraction of sp³-hybridized carbons (Fsp3) is 0.600. The first-order valence-electron chi connectivity index (χ1n) is 6.52. The molecule has 0 radical (unpaired) electrons. The maximum absolute atomic E-state index is 5.81. The van der Waals surface area contributed by atoms with Gasteiger partial charge in [0, 0.05) is 6.54 Å². The molecule has 0 aliphatic rings. The zero-order chi connectivity index (χ0) is 12.7. The molecule has 0 saturated carbocycles. The van der Waals surface area contributed by atoms with Gasteiger partial charge in [0.25, 0.3) is 0 Å². The molecule has 0 saturated heterocycles. The van der Waals surface area contributed by atoms with Crippen molar-refractivity contribution in [3.63, 3.8) is 0 Å². The first-order valence-corrected chi connectivity index (χ1v) is 6.52. The molecule has 0 fully saturated rings. The summed E-state index contributed by atoms with van der Waals surface area (Å²) in [6, 6.07) is 8.21. The van der Waals surface area contributed by atoms with Crippen molar-refractivity contribution >= 4 is 0 Å². The van der Waals surface area contributed by atoms with Gasteiger partial charge in [0.2, 0.25) is 0 Å². The van der Waals surface area contributed by atoms with Gasteiger partial charge in [-0.1, -0.05) is 31.5 Å². The summed E-state index contributed by atoms with van der Waals surface area (Å²) in [5, 5.41) is 3.42. The van der Waals surface area contributed by atoms with Crippen LogP contribution in [-0.2, 0) is 0 Å². The van der Waals surface area contributed by atoms with Crippen molar-refractivity contribution in [2.75, 3.05) is 13.1 Å². The highest BCUT2D eigenvalue weighted by atomic mass is 16.5. The smallest absolute Gasteiger partial charge is 0.119 e. The molecule has 0 heterocycles. The Morgan fingerprint density at radius 2 is 1.76 bits per heavy atom. The number of benzene rings is 1. The van der Waals surface area contributed by atoms with Crippen LogP contribution in [0.2, 0.25) is 0 Å². The lowest BCUT2D eigenvalue weighted by Gasteiger charge is -2.16. The summed E-state index contributed by atoms with van der Waals surface area (Å²) >= 11 is 0. The lowest BCUT2D eigenvalue weighted by atomic mass is 10.1. The van der Waals surface area contributed by atoms with E-state index in [-0.39, 0.29) is 6.10 Å². The molecule has 0 aliphatic carbocycles. The Balaban J connectivity index is 2.20. The van der Waals surface area contributed by atoms with Gasteiger partial charge in [0.15, 0.2) is 0 Å². The van der Waals surface area contributed by atoms with E-state index in [1.807, 2.05) is 12.1 Å². The average Bonchev–Trinajstić information content (AvgIpc) is 2.27. The number of hydrogen-bond acceptors (Lipinski definition) is 2. The highest BCUT2D eigenvalue weighted by Gasteiger charge is 2.03. The SMILES string of the molecule is Cc1ccc(OC(C)CNCCC(C)C)cc1. The van der Waals surface area contributed by atoms with Gasteiger partial charge in [-0.25, -0.2) is 0 Å². The van der Waals surface area contributed by atoms with Gasteiger partial charge < -0.3 is 10.1 Å². The standard InChI is InChI=1S/C15H25NO/c1-12(2)9-10-16-11-14(4)17-15-7-5-13(3)6-8-15/h5-8,12,14,16H,9-11H2,1-4H3. The largest absolute Gasteiger partial charge is 0.489 e. The molecular formula is C15H25NO. The van der Waals surface area contributed by atoms with Gasteiger partial charge in [-0.15, -0.1) is 0 Å². The maximum atomic E-state index is 5.81. The van der Waals surface area contributed by atoms with E-state index in [2.05, 4.69) is 45.1 Å². The highest BCUT2D eigenvalue weighted by Crippen LogP contribution is 2.12. The Morgan fingerprint density at radius 3 is 2.35 bits per heavy atom. The molecule has 96 valence electrons. The van der Waals surface area contributed by atoms with E-state index in [1.54, 1.807) is 0 Å². The van der Waals surface area contributed by atoms with E-state index in [1.165, 1.54) is 12.0 Å². The van der Waals surface area contributed by atoms with E-state index in [4.69, 9.17) is 4.74 Å². The van der Waals surface area contributed by atoms with Gasteiger partial charge in [0.1, 0.15) is 11.9 Å². The van der Waals surface area contributed by atoms with Gasteiger partial charge in [0.05, 0.1) is 0 Å². The summed E-state index contributed by atoms with van der Waals surface area (Å²) in [6.45, 7) is 10.6. The predicted molar refractivity (Wildman–Crippen MR) is 73.6 cm³/mol. The number of hydrogen-bond donors (Lipinski definition) is 1. The molecule has 0 bridgehead atoms. The van der Waals surface area contributed by atoms with Crippen molar-refractivity contribution in [3.8, 4) is 5.75 Å². The van der Waals surface area contributed by atoms with E-state index < -0.39 is 0 Å². The van der Waals surface area contributed by atoms with Crippen molar-refractivity contribution in [1.29, 1.82) is 0 Å². The molecular weight excluding hydrogens is 210 g/mol. The molecule has 2 nitrogen and oxygen atoms in total. The Bertz CT molecular complexity index is 305. The first-order chi connectivity index (χ1) is 8.08. The number of rotatable bonds is 7. The predicted octanol–water partition coefficient (Wildman–Crippen LogP) is 3.40. The van der Waals surface area contributed by atoms with Gasteiger partial charge in [-0.3, -0.25) is 0 Å². The zero-order valence-electron chi connectivity index (χ0n) is 11.5. The van der Waals surface area contributed by atoms with Gasteiger partial charge in [-0.2, -0.15) is 0 Å². The van der Waals surface area contributed by atoms with Crippen LogP contribution < -0.4 is 10.1 Å². The molecule has 1 unspecified atom stereocenters. The van der Waals surface area contributed by atoms with Crippen molar-refractivity contribution in [3.05, 3.63) is 29.8 Å². The first kappa shape index (κ1) is 14.0. The molecule has 0 spiro atoms. The summed E-state index contributed by atoms with van der Waals surface area (Å²) in [5.41, 5.74) is 1.26. The van der Waals surface area contributed by atoms with E-state index in [0.717, 1.165) is 24.8 Å². The molecule has 1 rings (SSSR count). The third-order valence-corrected chi connectivity index (χ3v) is 2.69. The normalized spacial score (nSPS) is 12.8. The minimum absolute atomic E-state index is 0.213. The zero-order valence-corrected chi connectivity index (χ0v) is 11.5. The van der Waals surface area contributed by atoms with E-state index in [0.29, 0.717) is 0 Å². The minimum Gasteiger partial charge on any atom is -0.489 e. The van der Waals surface area contributed by atoms with Crippen LogP contribution in [0.15, 0.2) is 24.3 Å². The highest BCUT2D eigenvalue weighted by molar-refractivity contribution is 5.26. The Kier molecular flexibility index (Phi) is 6.06. The summed E-state index contributed by atoms with van der Waals surface area (Å²) in [7, 11) is 0. The summed E-state index contributed by atoms with van der Waals surface area (Å²) < 4.78 is 5.81. The fourth-order valence-corrected chi connectivity index (χ4v) is 1.59.